The molecule has 1 aliphatic heterocycles. The number of carbonyl (C=O) groups is 2. The van der Waals surface area contributed by atoms with Crippen molar-refractivity contribution >= 4 is 49.8 Å². The standard InChI is InChI=1S/C33H31N5O5S/c1-43-29-22-26(23-6-2-3-7-23)13-16-28(29)35-33(40)38-20-18-37(19-21-38)32(39)25-11-14-27(15-12-25)36-44(41,42)30-10-4-8-24-9-5-17-34-31(24)30/h2-6,8-17,22,36H,7,18-21H2,1H3,(H,35,40). The van der Waals surface area contributed by atoms with Gasteiger partial charge in [-0.05, 0) is 66.1 Å². The maximum Gasteiger partial charge on any atom is 0.322 e. The summed E-state index contributed by atoms with van der Waals surface area (Å²) in [5.74, 6) is 0.391. The van der Waals surface area contributed by atoms with Crippen molar-refractivity contribution < 1.29 is 22.7 Å². The molecule has 44 heavy (non-hydrogen) atoms. The number of allylic oxidation sites excluding steroid dienone is 4. The Balaban J connectivity index is 1.05. The molecule has 2 N–H and O–H groups in total. The number of nitrogens with one attached hydrogen (secondary N) is 2. The van der Waals surface area contributed by atoms with Gasteiger partial charge in [0, 0.05) is 49.0 Å². The van der Waals surface area contributed by atoms with Crippen molar-refractivity contribution in [3.05, 3.63) is 108 Å². The fraction of sp³-hybridized carbons (Fsp3) is 0.182. The lowest BCUT2D eigenvalue weighted by atomic mass is 10.0. The average Bonchev–Trinajstić information content (AvgIpc) is 3.60. The Morgan fingerprint density at radius 3 is 2.39 bits per heavy atom. The van der Waals surface area contributed by atoms with E-state index in [9.17, 15) is 18.0 Å². The average molecular weight is 610 g/mol. The fourth-order valence-corrected chi connectivity index (χ4v) is 6.57. The first-order valence-electron chi connectivity index (χ1n) is 14.2. The molecule has 1 aromatic heterocycles. The number of benzene rings is 3. The van der Waals surface area contributed by atoms with E-state index >= 15 is 0 Å². The van der Waals surface area contributed by atoms with Crippen molar-refractivity contribution in [2.45, 2.75) is 11.3 Å². The number of para-hydroxylation sites is 1. The normalized spacial score (nSPS) is 14.8. The van der Waals surface area contributed by atoms with Gasteiger partial charge in [0.1, 0.15) is 10.6 Å². The number of piperazine rings is 1. The summed E-state index contributed by atoms with van der Waals surface area (Å²) >= 11 is 0. The monoisotopic (exact) mass is 609 g/mol. The van der Waals surface area contributed by atoms with Gasteiger partial charge in [-0.3, -0.25) is 14.5 Å². The van der Waals surface area contributed by atoms with Crippen LogP contribution in [0.1, 0.15) is 22.3 Å². The molecule has 1 saturated heterocycles. The first kappa shape index (κ1) is 28.9. The van der Waals surface area contributed by atoms with E-state index in [0.29, 0.717) is 54.4 Å². The van der Waals surface area contributed by atoms with Gasteiger partial charge in [0.05, 0.1) is 18.3 Å². The third kappa shape index (κ3) is 6.00. The summed E-state index contributed by atoms with van der Waals surface area (Å²) < 4.78 is 34.3. The molecule has 11 heteroatoms. The van der Waals surface area contributed by atoms with Crippen molar-refractivity contribution in [3.8, 4) is 5.75 Å². The number of sulfonamides is 1. The van der Waals surface area contributed by atoms with Crippen molar-refractivity contribution in [1.82, 2.24) is 14.8 Å². The second kappa shape index (κ2) is 12.2. The van der Waals surface area contributed by atoms with Crippen molar-refractivity contribution in [2.24, 2.45) is 0 Å². The lowest BCUT2D eigenvalue weighted by molar-refractivity contribution is 0.0671. The van der Waals surface area contributed by atoms with E-state index in [0.717, 1.165) is 17.4 Å². The molecule has 224 valence electrons. The Morgan fingerprint density at radius 2 is 1.66 bits per heavy atom. The molecular formula is C33H31N5O5S. The van der Waals surface area contributed by atoms with Crippen LogP contribution in [0, 0.1) is 0 Å². The van der Waals surface area contributed by atoms with Gasteiger partial charge in [-0.1, -0.05) is 42.5 Å². The number of fused-ring (bicyclic) bond motifs is 1. The molecule has 10 nitrogen and oxygen atoms in total. The van der Waals surface area contributed by atoms with Gasteiger partial charge in [0.15, 0.2) is 0 Å². The zero-order valence-corrected chi connectivity index (χ0v) is 24.9. The molecule has 4 aromatic rings. The lowest BCUT2D eigenvalue weighted by Gasteiger charge is -2.34. The highest BCUT2D eigenvalue weighted by molar-refractivity contribution is 7.93. The van der Waals surface area contributed by atoms with Crippen molar-refractivity contribution in [3.63, 3.8) is 0 Å². The molecule has 2 aliphatic rings. The predicted octanol–water partition coefficient (Wildman–Crippen LogP) is 5.38. The van der Waals surface area contributed by atoms with E-state index in [-0.39, 0.29) is 16.8 Å². The number of nitrogens with zero attached hydrogens (tertiary/aromatic N) is 3. The zero-order chi connectivity index (χ0) is 30.7. The summed E-state index contributed by atoms with van der Waals surface area (Å²) in [7, 11) is -2.33. The van der Waals surface area contributed by atoms with Crippen LogP contribution in [0.4, 0.5) is 16.2 Å². The summed E-state index contributed by atoms with van der Waals surface area (Å²) in [5, 5.41) is 3.65. The maximum atomic E-state index is 13.2. The van der Waals surface area contributed by atoms with E-state index in [1.165, 1.54) is 11.6 Å². The first-order chi connectivity index (χ1) is 21.3. The van der Waals surface area contributed by atoms with E-state index in [1.807, 2.05) is 24.3 Å². The van der Waals surface area contributed by atoms with Crippen LogP contribution in [0.2, 0.25) is 0 Å². The molecule has 0 bridgehead atoms. The zero-order valence-electron chi connectivity index (χ0n) is 24.1. The minimum atomic E-state index is -3.91. The molecule has 6 rings (SSSR count). The number of anilines is 2. The SMILES string of the molecule is COc1cc(C2=CC=CC2)ccc1NC(=O)N1CCN(C(=O)c2ccc(NS(=O)(=O)c3cccc4cccnc34)cc2)CC1. The Labute approximate surface area is 255 Å². The van der Waals surface area contributed by atoms with Gasteiger partial charge in [-0.25, -0.2) is 13.2 Å². The number of ether oxygens (including phenoxy) is 1. The van der Waals surface area contributed by atoms with Gasteiger partial charge in [-0.2, -0.15) is 0 Å². The molecule has 0 unspecified atom stereocenters. The van der Waals surface area contributed by atoms with Crippen LogP contribution in [0.3, 0.4) is 0 Å². The number of hydrogen-bond donors (Lipinski definition) is 2. The molecule has 3 aromatic carbocycles. The first-order valence-corrected chi connectivity index (χ1v) is 15.7. The molecule has 1 fully saturated rings. The number of urea groups is 1. The van der Waals surface area contributed by atoms with E-state index in [2.05, 4.69) is 27.2 Å². The molecular weight excluding hydrogens is 578 g/mol. The third-order valence-electron chi connectivity index (χ3n) is 7.71. The smallest absolute Gasteiger partial charge is 0.322 e. The molecule has 0 saturated carbocycles. The molecule has 3 amide bonds. The summed E-state index contributed by atoms with van der Waals surface area (Å²) in [4.78, 5) is 33.9. The Hall–Kier alpha value is -5.16. The number of methoxy groups -OCH3 is 1. The molecule has 0 spiro atoms. The lowest BCUT2D eigenvalue weighted by Crippen LogP contribution is -2.51. The van der Waals surface area contributed by atoms with Crippen molar-refractivity contribution in [1.29, 1.82) is 0 Å². The van der Waals surface area contributed by atoms with Gasteiger partial charge in [0.2, 0.25) is 0 Å². The Morgan fingerprint density at radius 1 is 0.909 bits per heavy atom. The minimum absolute atomic E-state index is 0.0763. The van der Waals surface area contributed by atoms with E-state index in [4.69, 9.17) is 4.74 Å². The van der Waals surface area contributed by atoms with E-state index < -0.39 is 10.0 Å². The topological polar surface area (TPSA) is 121 Å². The van der Waals surface area contributed by atoms with Gasteiger partial charge >= 0.3 is 6.03 Å². The van der Waals surface area contributed by atoms with Crippen LogP contribution in [0.25, 0.3) is 16.5 Å². The van der Waals surface area contributed by atoms with Gasteiger partial charge < -0.3 is 19.9 Å². The van der Waals surface area contributed by atoms with Crippen LogP contribution in [0.5, 0.6) is 5.75 Å². The van der Waals surface area contributed by atoms with Gasteiger partial charge in [0.25, 0.3) is 15.9 Å². The second-order valence-electron chi connectivity index (χ2n) is 10.5. The Kier molecular flexibility index (Phi) is 8.03. The summed E-state index contributed by atoms with van der Waals surface area (Å²) in [6, 6.07) is 20.3. The number of aromatic nitrogens is 1. The quantitative estimate of drug-likeness (QED) is 0.290. The maximum absolute atomic E-state index is 13.2. The summed E-state index contributed by atoms with van der Waals surface area (Å²) in [6.07, 6.45) is 8.59. The third-order valence-corrected chi connectivity index (χ3v) is 9.12. The second-order valence-corrected chi connectivity index (χ2v) is 12.1. The highest BCUT2D eigenvalue weighted by Gasteiger charge is 2.26. The predicted molar refractivity (Wildman–Crippen MR) is 170 cm³/mol. The molecule has 0 atom stereocenters. The largest absolute Gasteiger partial charge is 0.495 e. The molecule has 1 aliphatic carbocycles. The highest BCUT2D eigenvalue weighted by Crippen LogP contribution is 2.32. The minimum Gasteiger partial charge on any atom is -0.495 e. The highest BCUT2D eigenvalue weighted by atomic mass is 32.2. The summed E-state index contributed by atoms with van der Waals surface area (Å²) in [5.41, 5.74) is 3.96. The summed E-state index contributed by atoms with van der Waals surface area (Å²) in [6.45, 7) is 1.47. The van der Waals surface area contributed by atoms with Crippen LogP contribution in [0.15, 0.2) is 102 Å². The number of pyridine rings is 1. The van der Waals surface area contributed by atoms with Crippen LogP contribution in [-0.2, 0) is 10.0 Å². The number of hydrogen-bond acceptors (Lipinski definition) is 6. The van der Waals surface area contributed by atoms with E-state index in [1.54, 1.807) is 71.6 Å². The number of carbonyl (C=O) groups excluding carboxylic acids is 2. The Bertz CT molecular complexity index is 1890. The van der Waals surface area contributed by atoms with Gasteiger partial charge in [-0.15, -0.1) is 0 Å². The molecule has 0 radical (unpaired) electrons. The number of amides is 3. The van der Waals surface area contributed by atoms with Crippen LogP contribution in [-0.4, -0.2) is 68.4 Å². The number of rotatable bonds is 7. The van der Waals surface area contributed by atoms with Crippen LogP contribution < -0.4 is 14.8 Å². The van der Waals surface area contributed by atoms with Crippen LogP contribution >= 0.6 is 0 Å². The van der Waals surface area contributed by atoms with Crippen molar-refractivity contribution in [2.75, 3.05) is 43.3 Å². The molecule has 2 heterocycles. The fourth-order valence-electron chi connectivity index (χ4n) is 5.33.